The average Bonchev–Trinajstić information content (AvgIpc) is 3.00. The molecule has 0 aliphatic heterocycles. The third kappa shape index (κ3) is 4.29. The van der Waals surface area contributed by atoms with Gasteiger partial charge in [0, 0.05) is 42.7 Å². The first-order valence-corrected chi connectivity index (χ1v) is 7.78. The lowest BCUT2D eigenvalue weighted by Crippen LogP contribution is -2.37. The molecule has 0 aliphatic carbocycles. The van der Waals surface area contributed by atoms with E-state index in [1.165, 1.54) is 9.88 Å². The van der Waals surface area contributed by atoms with Crippen LogP contribution in [0.3, 0.4) is 0 Å². The number of rotatable bonds is 5. The van der Waals surface area contributed by atoms with Crippen LogP contribution in [0.15, 0.2) is 11.2 Å². The van der Waals surface area contributed by atoms with Gasteiger partial charge in [-0.25, -0.2) is 4.98 Å². The maximum Gasteiger partial charge on any atom is 0.191 e. The third-order valence-electron chi connectivity index (χ3n) is 3.31. The first-order valence-electron chi connectivity index (χ1n) is 6.96. The van der Waals surface area contributed by atoms with E-state index in [0.29, 0.717) is 6.54 Å². The minimum Gasteiger partial charge on any atom is -0.356 e. The van der Waals surface area contributed by atoms with Gasteiger partial charge in [-0.2, -0.15) is 5.10 Å². The molecule has 6 nitrogen and oxygen atoms in total. The van der Waals surface area contributed by atoms with Crippen LogP contribution in [0.1, 0.15) is 26.8 Å². The molecule has 0 saturated heterocycles. The highest BCUT2D eigenvalue weighted by Crippen LogP contribution is 2.16. The Morgan fingerprint density at radius 2 is 2.14 bits per heavy atom. The van der Waals surface area contributed by atoms with Crippen molar-refractivity contribution < 1.29 is 0 Å². The van der Waals surface area contributed by atoms with E-state index in [0.717, 1.165) is 35.9 Å². The second-order valence-corrected chi connectivity index (χ2v) is 6.16. The number of guanidine groups is 1. The Labute approximate surface area is 129 Å². The molecule has 2 aromatic heterocycles. The summed E-state index contributed by atoms with van der Waals surface area (Å²) in [5.41, 5.74) is 3.35. The molecule has 114 valence electrons. The minimum absolute atomic E-state index is 0.706. The van der Waals surface area contributed by atoms with Gasteiger partial charge in [-0.3, -0.25) is 10.1 Å². The van der Waals surface area contributed by atoms with Crippen LogP contribution in [0, 0.1) is 20.8 Å². The van der Waals surface area contributed by atoms with Gasteiger partial charge in [0.1, 0.15) is 0 Å². The normalized spacial score (nSPS) is 11.7. The lowest BCUT2D eigenvalue weighted by Gasteiger charge is -2.10. The molecule has 0 radical (unpaired) electrons. The van der Waals surface area contributed by atoms with Crippen LogP contribution in [0.2, 0.25) is 0 Å². The van der Waals surface area contributed by atoms with Gasteiger partial charge in [0.2, 0.25) is 0 Å². The lowest BCUT2D eigenvalue weighted by molar-refractivity contribution is 0.789. The molecule has 3 N–H and O–H groups in total. The molecule has 0 bridgehead atoms. The first-order chi connectivity index (χ1) is 10.1. The largest absolute Gasteiger partial charge is 0.356 e. The Morgan fingerprint density at radius 3 is 2.71 bits per heavy atom. The lowest BCUT2D eigenvalue weighted by atomic mass is 10.3. The summed E-state index contributed by atoms with van der Waals surface area (Å²) in [6.07, 6.45) is 2.74. The maximum absolute atomic E-state index is 4.54. The monoisotopic (exact) mass is 306 g/mol. The summed E-state index contributed by atoms with van der Waals surface area (Å²) < 4.78 is 0. The number of hydrogen-bond acceptors (Lipinski definition) is 4. The number of aliphatic imine (C=N–C) groups is 1. The van der Waals surface area contributed by atoms with Crippen LogP contribution in [-0.4, -0.2) is 34.7 Å². The molecule has 2 aromatic rings. The molecule has 0 aromatic carbocycles. The first kappa shape index (κ1) is 15.5. The van der Waals surface area contributed by atoms with Crippen molar-refractivity contribution in [1.82, 2.24) is 25.8 Å². The average molecular weight is 306 g/mol. The van der Waals surface area contributed by atoms with Gasteiger partial charge in [0.05, 0.1) is 16.9 Å². The highest BCUT2D eigenvalue weighted by atomic mass is 32.1. The van der Waals surface area contributed by atoms with E-state index in [2.05, 4.69) is 44.7 Å². The molecule has 7 heteroatoms. The Balaban J connectivity index is 1.76. The minimum atomic E-state index is 0.706. The molecular weight excluding hydrogens is 284 g/mol. The van der Waals surface area contributed by atoms with Crippen LogP contribution in [0.4, 0.5) is 0 Å². The van der Waals surface area contributed by atoms with Crippen molar-refractivity contribution in [2.45, 2.75) is 33.7 Å². The van der Waals surface area contributed by atoms with E-state index in [4.69, 9.17) is 0 Å². The standard InChI is InChI=1S/C14H22N6S/c1-9-11(3)21-13(19-9)5-6-16-14(15-4)17-7-12-8-18-20-10(12)2/h8H,5-7H2,1-4H3,(H,18,20)(H2,15,16,17). The van der Waals surface area contributed by atoms with Crippen LogP contribution < -0.4 is 10.6 Å². The molecule has 0 fully saturated rings. The van der Waals surface area contributed by atoms with Crippen LogP contribution in [0.25, 0.3) is 0 Å². The molecule has 0 spiro atoms. The van der Waals surface area contributed by atoms with Crippen LogP contribution in [0.5, 0.6) is 0 Å². The van der Waals surface area contributed by atoms with E-state index in [1.807, 2.05) is 13.1 Å². The van der Waals surface area contributed by atoms with Crippen LogP contribution >= 0.6 is 11.3 Å². The Hall–Kier alpha value is -1.89. The summed E-state index contributed by atoms with van der Waals surface area (Å²) in [4.78, 5) is 10.0. The second kappa shape index (κ2) is 7.21. The number of hydrogen-bond donors (Lipinski definition) is 3. The number of aromatic nitrogens is 3. The van der Waals surface area contributed by atoms with Gasteiger partial charge >= 0.3 is 0 Å². The van der Waals surface area contributed by atoms with E-state index < -0.39 is 0 Å². The highest BCUT2D eigenvalue weighted by molar-refractivity contribution is 7.11. The number of H-pyrrole nitrogens is 1. The van der Waals surface area contributed by atoms with Crippen LogP contribution in [-0.2, 0) is 13.0 Å². The molecular formula is C14H22N6S. The fourth-order valence-electron chi connectivity index (χ4n) is 1.89. The summed E-state index contributed by atoms with van der Waals surface area (Å²) in [6.45, 7) is 7.69. The summed E-state index contributed by atoms with van der Waals surface area (Å²) >= 11 is 1.76. The fraction of sp³-hybridized carbons (Fsp3) is 0.500. The van der Waals surface area contributed by atoms with Crippen molar-refractivity contribution >= 4 is 17.3 Å². The zero-order valence-electron chi connectivity index (χ0n) is 12.9. The fourth-order valence-corrected chi connectivity index (χ4v) is 2.82. The molecule has 21 heavy (non-hydrogen) atoms. The van der Waals surface area contributed by atoms with Gasteiger partial charge in [0.15, 0.2) is 5.96 Å². The number of thiazole rings is 1. The van der Waals surface area contributed by atoms with Crippen molar-refractivity contribution in [3.63, 3.8) is 0 Å². The smallest absolute Gasteiger partial charge is 0.191 e. The Bertz CT molecular complexity index is 593. The topological polar surface area (TPSA) is 78.0 Å². The van der Waals surface area contributed by atoms with Gasteiger partial charge in [0.25, 0.3) is 0 Å². The molecule has 0 aliphatic rings. The Kier molecular flexibility index (Phi) is 5.32. The number of aromatic amines is 1. The Morgan fingerprint density at radius 1 is 1.33 bits per heavy atom. The van der Waals surface area contributed by atoms with E-state index >= 15 is 0 Å². The summed E-state index contributed by atoms with van der Waals surface area (Å²) in [7, 11) is 1.77. The zero-order valence-corrected chi connectivity index (χ0v) is 13.8. The molecule has 2 heterocycles. The van der Waals surface area contributed by atoms with Gasteiger partial charge in [-0.15, -0.1) is 11.3 Å². The van der Waals surface area contributed by atoms with Gasteiger partial charge in [-0.1, -0.05) is 0 Å². The highest BCUT2D eigenvalue weighted by Gasteiger charge is 2.05. The zero-order chi connectivity index (χ0) is 15.2. The third-order valence-corrected chi connectivity index (χ3v) is 4.44. The maximum atomic E-state index is 4.54. The van der Waals surface area contributed by atoms with E-state index in [9.17, 15) is 0 Å². The van der Waals surface area contributed by atoms with E-state index in [-0.39, 0.29) is 0 Å². The number of nitrogens with one attached hydrogen (secondary N) is 3. The second-order valence-electron chi connectivity index (χ2n) is 4.87. The molecule has 2 rings (SSSR count). The van der Waals surface area contributed by atoms with Crippen molar-refractivity contribution in [2.75, 3.05) is 13.6 Å². The predicted molar refractivity (Wildman–Crippen MR) is 86.8 cm³/mol. The summed E-state index contributed by atoms with van der Waals surface area (Å²) in [5, 5.41) is 14.7. The van der Waals surface area contributed by atoms with Crippen molar-refractivity contribution in [2.24, 2.45) is 4.99 Å². The summed E-state index contributed by atoms with van der Waals surface area (Å²) in [5.74, 6) is 0.792. The predicted octanol–water partition coefficient (Wildman–Crippen LogP) is 1.70. The molecule has 0 unspecified atom stereocenters. The van der Waals surface area contributed by atoms with Gasteiger partial charge in [-0.05, 0) is 20.8 Å². The molecule has 0 atom stereocenters. The number of aryl methyl sites for hydroxylation is 3. The SMILES string of the molecule is CN=C(NCCc1nc(C)c(C)s1)NCc1cn[nH]c1C. The van der Waals surface area contributed by atoms with Crippen molar-refractivity contribution in [3.8, 4) is 0 Å². The van der Waals surface area contributed by atoms with E-state index in [1.54, 1.807) is 18.4 Å². The molecule has 0 saturated carbocycles. The summed E-state index contributed by atoms with van der Waals surface area (Å²) in [6, 6.07) is 0. The number of nitrogens with zero attached hydrogens (tertiary/aromatic N) is 3. The molecule has 0 amide bonds. The van der Waals surface area contributed by atoms with Gasteiger partial charge < -0.3 is 10.6 Å². The quantitative estimate of drug-likeness (QED) is 0.580. The van der Waals surface area contributed by atoms with Crippen molar-refractivity contribution in [1.29, 1.82) is 0 Å². The van der Waals surface area contributed by atoms with Crippen molar-refractivity contribution in [3.05, 3.63) is 33.0 Å².